The van der Waals surface area contributed by atoms with Crippen LogP contribution in [0.1, 0.15) is 5.56 Å². The van der Waals surface area contributed by atoms with E-state index < -0.39 is 5.24 Å². The molecular weight excluding hydrogens is 239 g/mol. The molecule has 0 saturated heterocycles. The van der Waals surface area contributed by atoms with Crippen molar-refractivity contribution in [3.8, 4) is 0 Å². The lowest BCUT2D eigenvalue weighted by Gasteiger charge is -1.95. The van der Waals surface area contributed by atoms with E-state index in [1.54, 1.807) is 0 Å². The van der Waals surface area contributed by atoms with E-state index in [0.717, 1.165) is 5.56 Å². The van der Waals surface area contributed by atoms with Crippen LogP contribution >= 0.6 is 27.5 Å². The third kappa shape index (κ3) is 2.80. The van der Waals surface area contributed by atoms with E-state index in [1.165, 1.54) is 6.08 Å². The summed E-state index contributed by atoms with van der Waals surface area (Å²) >= 11 is 8.42. The third-order valence-electron chi connectivity index (χ3n) is 1.29. The van der Waals surface area contributed by atoms with Gasteiger partial charge in [-0.15, -0.1) is 0 Å². The van der Waals surface area contributed by atoms with Gasteiger partial charge in [-0.3, -0.25) is 4.79 Å². The maximum atomic E-state index is 10.5. The van der Waals surface area contributed by atoms with Crippen molar-refractivity contribution in [2.75, 3.05) is 0 Å². The highest BCUT2D eigenvalue weighted by Gasteiger charge is 1.97. The molecule has 0 aromatic heterocycles. The van der Waals surface area contributed by atoms with Crippen LogP contribution in [0.2, 0.25) is 0 Å². The van der Waals surface area contributed by atoms with E-state index in [-0.39, 0.29) is 0 Å². The Hall–Kier alpha value is -0.600. The molecule has 0 aliphatic rings. The molecule has 0 heterocycles. The average molecular weight is 246 g/mol. The molecule has 0 bridgehead atoms. The SMILES string of the molecule is O=C(Cl)C=C(Br)c1ccccc1. The topological polar surface area (TPSA) is 17.1 Å². The van der Waals surface area contributed by atoms with E-state index in [2.05, 4.69) is 15.9 Å². The molecule has 0 amide bonds. The fourth-order valence-corrected chi connectivity index (χ4v) is 1.49. The van der Waals surface area contributed by atoms with Crippen molar-refractivity contribution >= 4 is 37.3 Å². The number of benzene rings is 1. The molecule has 1 aromatic carbocycles. The fraction of sp³-hybridized carbons (Fsp3) is 0. The summed E-state index contributed by atoms with van der Waals surface area (Å²) in [6.45, 7) is 0. The molecule has 12 heavy (non-hydrogen) atoms. The van der Waals surface area contributed by atoms with Gasteiger partial charge < -0.3 is 0 Å². The number of carbonyl (C=O) groups excluding carboxylic acids is 1. The van der Waals surface area contributed by atoms with Crippen LogP contribution in [-0.4, -0.2) is 5.24 Å². The van der Waals surface area contributed by atoms with Crippen molar-refractivity contribution in [3.63, 3.8) is 0 Å². The highest BCUT2D eigenvalue weighted by Crippen LogP contribution is 2.20. The molecule has 0 atom stereocenters. The largest absolute Gasteiger partial charge is 0.276 e. The minimum Gasteiger partial charge on any atom is -0.276 e. The summed E-state index contributed by atoms with van der Waals surface area (Å²) in [5.41, 5.74) is 0.937. The molecule has 0 aliphatic carbocycles. The fourth-order valence-electron chi connectivity index (χ4n) is 0.780. The van der Waals surface area contributed by atoms with Crippen molar-refractivity contribution in [3.05, 3.63) is 42.0 Å². The Balaban J connectivity index is 2.93. The molecule has 62 valence electrons. The minimum absolute atomic E-state index is 0.481. The van der Waals surface area contributed by atoms with E-state index in [0.29, 0.717) is 4.48 Å². The maximum Gasteiger partial charge on any atom is 0.246 e. The predicted octanol–water partition coefficient (Wildman–Crippen LogP) is 3.19. The van der Waals surface area contributed by atoms with Gasteiger partial charge in [0.05, 0.1) is 0 Å². The molecular formula is C9H6BrClO. The van der Waals surface area contributed by atoms with Gasteiger partial charge in [0.2, 0.25) is 5.24 Å². The van der Waals surface area contributed by atoms with Gasteiger partial charge in [-0.25, -0.2) is 0 Å². The smallest absolute Gasteiger partial charge is 0.246 e. The highest BCUT2D eigenvalue weighted by molar-refractivity contribution is 9.15. The van der Waals surface area contributed by atoms with Crippen LogP contribution in [0, 0.1) is 0 Å². The van der Waals surface area contributed by atoms with Crippen LogP contribution in [0.3, 0.4) is 0 Å². The lowest BCUT2D eigenvalue weighted by Crippen LogP contribution is -1.80. The molecule has 0 fully saturated rings. The standard InChI is InChI=1S/C9H6BrClO/c10-8(6-9(11)12)7-4-2-1-3-5-7/h1-6H. The zero-order chi connectivity index (χ0) is 8.97. The van der Waals surface area contributed by atoms with E-state index >= 15 is 0 Å². The first-order chi connectivity index (χ1) is 5.70. The zero-order valence-corrected chi connectivity index (χ0v) is 8.47. The second-order valence-corrected chi connectivity index (χ2v) is 3.39. The summed E-state index contributed by atoms with van der Waals surface area (Å²) in [6, 6.07) is 9.47. The van der Waals surface area contributed by atoms with Gasteiger partial charge in [-0.2, -0.15) is 0 Å². The molecule has 1 rings (SSSR count). The second kappa shape index (κ2) is 4.43. The van der Waals surface area contributed by atoms with Crippen LogP contribution in [0.4, 0.5) is 0 Å². The molecule has 0 N–H and O–H groups in total. The Bertz CT molecular complexity index is 306. The first kappa shape index (κ1) is 9.49. The molecule has 1 nitrogen and oxygen atoms in total. The summed E-state index contributed by atoms with van der Waals surface area (Å²) in [4.78, 5) is 10.5. The summed E-state index contributed by atoms with van der Waals surface area (Å²) in [5, 5.41) is -0.481. The van der Waals surface area contributed by atoms with Gasteiger partial charge in [0.15, 0.2) is 0 Å². The van der Waals surface area contributed by atoms with Crippen molar-refractivity contribution < 1.29 is 4.79 Å². The van der Waals surface area contributed by atoms with Crippen molar-refractivity contribution in [1.82, 2.24) is 0 Å². The second-order valence-electron chi connectivity index (χ2n) is 2.16. The number of allylic oxidation sites excluding steroid dienone is 1. The van der Waals surface area contributed by atoms with Gasteiger partial charge in [-0.1, -0.05) is 46.3 Å². The monoisotopic (exact) mass is 244 g/mol. The summed E-state index contributed by atoms with van der Waals surface area (Å²) in [6.07, 6.45) is 1.33. The van der Waals surface area contributed by atoms with Crippen molar-refractivity contribution in [2.24, 2.45) is 0 Å². The summed E-state index contributed by atoms with van der Waals surface area (Å²) in [5.74, 6) is 0. The van der Waals surface area contributed by atoms with Crippen LogP contribution < -0.4 is 0 Å². The van der Waals surface area contributed by atoms with Crippen molar-refractivity contribution in [2.45, 2.75) is 0 Å². The number of rotatable bonds is 2. The molecule has 0 aliphatic heterocycles. The highest BCUT2D eigenvalue weighted by atomic mass is 79.9. The molecule has 0 saturated carbocycles. The van der Waals surface area contributed by atoms with Crippen LogP contribution in [0.5, 0.6) is 0 Å². The normalized spacial score (nSPS) is 11.3. The number of halogens is 2. The van der Waals surface area contributed by atoms with E-state index in [4.69, 9.17) is 11.6 Å². The Morgan fingerprint density at radius 2 is 1.92 bits per heavy atom. The van der Waals surface area contributed by atoms with E-state index in [1.807, 2.05) is 30.3 Å². The number of carbonyl (C=O) groups is 1. The Kier molecular flexibility index (Phi) is 3.50. The number of hydrogen-bond donors (Lipinski definition) is 0. The quantitative estimate of drug-likeness (QED) is 0.578. The molecule has 3 heteroatoms. The lowest BCUT2D eigenvalue weighted by atomic mass is 10.2. The van der Waals surface area contributed by atoms with Gasteiger partial charge in [-0.05, 0) is 17.2 Å². The predicted molar refractivity (Wildman–Crippen MR) is 54.2 cm³/mol. The maximum absolute atomic E-state index is 10.5. The Morgan fingerprint density at radius 3 is 2.42 bits per heavy atom. The zero-order valence-electron chi connectivity index (χ0n) is 6.13. The Morgan fingerprint density at radius 1 is 1.33 bits per heavy atom. The first-order valence-corrected chi connectivity index (χ1v) is 4.49. The van der Waals surface area contributed by atoms with Gasteiger partial charge in [0, 0.05) is 10.6 Å². The third-order valence-corrected chi connectivity index (χ3v) is 2.09. The van der Waals surface area contributed by atoms with Gasteiger partial charge in [0.25, 0.3) is 0 Å². The van der Waals surface area contributed by atoms with Crippen molar-refractivity contribution in [1.29, 1.82) is 0 Å². The average Bonchev–Trinajstić information content (AvgIpc) is 2.05. The Labute approximate surface area is 84.2 Å². The molecule has 1 aromatic rings. The number of hydrogen-bond acceptors (Lipinski definition) is 1. The first-order valence-electron chi connectivity index (χ1n) is 3.32. The summed E-state index contributed by atoms with van der Waals surface area (Å²) < 4.78 is 0.697. The molecule has 0 spiro atoms. The van der Waals surface area contributed by atoms with E-state index in [9.17, 15) is 4.79 Å². The lowest BCUT2D eigenvalue weighted by molar-refractivity contribution is -0.107. The van der Waals surface area contributed by atoms with Crippen LogP contribution in [-0.2, 0) is 4.79 Å². The summed E-state index contributed by atoms with van der Waals surface area (Å²) in [7, 11) is 0. The van der Waals surface area contributed by atoms with Crippen LogP contribution in [0.25, 0.3) is 4.48 Å². The molecule has 0 unspecified atom stereocenters. The van der Waals surface area contributed by atoms with Gasteiger partial charge in [0.1, 0.15) is 0 Å². The molecule has 0 radical (unpaired) electrons. The van der Waals surface area contributed by atoms with Gasteiger partial charge >= 0.3 is 0 Å². The van der Waals surface area contributed by atoms with Crippen LogP contribution in [0.15, 0.2) is 36.4 Å². The minimum atomic E-state index is -0.481.